The predicted octanol–water partition coefficient (Wildman–Crippen LogP) is 4.05. The van der Waals surface area contributed by atoms with Crippen LogP contribution in [0.3, 0.4) is 0 Å². The molecule has 1 heterocycles. The largest absolute Gasteiger partial charge is 0.441 e. The Balaban J connectivity index is 1.95. The van der Waals surface area contributed by atoms with Crippen LogP contribution in [-0.4, -0.2) is 4.98 Å². The van der Waals surface area contributed by atoms with Crippen LogP contribution in [0, 0.1) is 0 Å². The van der Waals surface area contributed by atoms with Gasteiger partial charge in [0, 0.05) is 17.7 Å². The SMILES string of the molecule is CCCCCCc1cnc(-c2ccc(N)cc2)o1. The minimum absolute atomic E-state index is 0.681. The highest BCUT2D eigenvalue weighted by molar-refractivity contribution is 5.57. The Hall–Kier alpha value is -1.77. The number of nitrogens with zero attached hydrogens (tertiary/aromatic N) is 1. The van der Waals surface area contributed by atoms with Crippen molar-refractivity contribution in [3.63, 3.8) is 0 Å². The number of benzene rings is 1. The summed E-state index contributed by atoms with van der Waals surface area (Å²) in [5, 5.41) is 0. The highest BCUT2D eigenvalue weighted by Gasteiger charge is 2.06. The Morgan fingerprint density at radius 2 is 1.89 bits per heavy atom. The Bertz CT molecular complexity index is 473. The summed E-state index contributed by atoms with van der Waals surface area (Å²) in [7, 11) is 0. The fourth-order valence-corrected chi connectivity index (χ4v) is 1.91. The molecule has 0 spiro atoms. The average Bonchev–Trinajstić information content (AvgIpc) is 2.84. The van der Waals surface area contributed by atoms with Crippen molar-refractivity contribution in [2.24, 2.45) is 0 Å². The van der Waals surface area contributed by atoms with Gasteiger partial charge in [0.05, 0.1) is 6.20 Å². The minimum Gasteiger partial charge on any atom is -0.441 e. The molecule has 0 aliphatic heterocycles. The first kappa shape index (κ1) is 12.7. The first-order chi connectivity index (χ1) is 8.79. The molecule has 0 saturated carbocycles. The van der Waals surface area contributed by atoms with Gasteiger partial charge in [-0.15, -0.1) is 0 Å². The number of rotatable bonds is 6. The number of nitrogens with two attached hydrogens (primary N) is 1. The third-order valence-electron chi connectivity index (χ3n) is 2.99. The van der Waals surface area contributed by atoms with Crippen LogP contribution >= 0.6 is 0 Å². The van der Waals surface area contributed by atoms with Crippen molar-refractivity contribution in [2.45, 2.75) is 39.0 Å². The standard InChI is InChI=1S/C15H20N2O/c1-2-3-4-5-6-14-11-17-15(18-14)12-7-9-13(16)10-8-12/h7-11H,2-6,16H2,1H3. The molecule has 3 heteroatoms. The lowest BCUT2D eigenvalue weighted by Crippen LogP contribution is -1.84. The van der Waals surface area contributed by atoms with E-state index in [-0.39, 0.29) is 0 Å². The molecule has 0 unspecified atom stereocenters. The molecule has 18 heavy (non-hydrogen) atoms. The lowest BCUT2D eigenvalue weighted by Gasteiger charge is -1.97. The molecule has 0 bridgehead atoms. The van der Waals surface area contributed by atoms with Crippen molar-refractivity contribution in [1.29, 1.82) is 0 Å². The molecule has 0 aliphatic carbocycles. The molecular formula is C15H20N2O. The Kier molecular flexibility index (Phi) is 4.40. The van der Waals surface area contributed by atoms with Gasteiger partial charge in [0.25, 0.3) is 0 Å². The van der Waals surface area contributed by atoms with E-state index in [1.54, 1.807) is 0 Å². The van der Waals surface area contributed by atoms with Crippen LogP contribution in [0.1, 0.15) is 38.4 Å². The molecule has 1 aromatic carbocycles. The maximum atomic E-state index is 5.74. The van der Waals surface area contributed by atoms with Crippen LogP contribution in [-0.2, 0) is 6.42 Å². The normalized spacial score (nSPS) is 10.7. The molecule has 0 amide bonds. The van der Waals surface area contributed by atoms with Crippen molar-refractivity contribution in [3.8, 4) is 11.5 Å². The number of nitrogen functional groups attached to an aromatic ring is 1. The maximum absolute atomic E-state index is 5.74. The average molecular weight is 244 g/mol. The monoisotopic (exact) mass is 244 g/mol. The van der Waals surface area contributed by atoms with Gasteiger partial charge in [-0.05, 0) is 30.7 Å². The summed E-state index contributed by atoms with van der Waals surface area (Å²) in [6.45, 7) is 2.22. The van der Waals surface area contributed by atoms with E-state index in [0.29, 0.717) is 5.89 Å². The van der Waals surface area contributed by atoms with Gasteiger partial charge in [-0.2, -0.15) is 0 Å². The number of aromatic nitrogens is 1. The van der Waals surface area contributed by atoms with Gasteiger partial charge < -0.3 is 10.2 Å². The molecule has 0 fully saturated rings. The highest BCUT2D eigenvalue weighted by Crippen LogP contribution is 2.21. The fraction of sp³-hybridized carbons (Fsp3) is 0.400. The van der Waals surface area contributed by atoms with Gasteiger partial charge in [-0.3, -0.25) is 0 Å². The van der Waals surface area contributed by atoms with Crippen molar-refractivity contribution >= 4 is 5.69 Å². The van der Waals surface area contributed by atoms with Crippen LogP contribution in [0.15, 0.2) is 34.9 Å². The van der Waals surface area contributed by atoms with E-state index in [0.717, 1.165) is 23.4 Å². The smallest absolute Gasteiger partial charge is 0.226 e. The quantitative estimate of drug-likeness (QED) is 0.616. The summed E-state index contributed by atoms with van der Waals surface area (Å²) in [6, 6.07) is 7.59. The predicted molar refractivity (Wildman–Crippen MR) is 74.2 cm³/mol. The number of hydrogen-bond donors (Lipinski definition) is 1. The van der Waals surface area contributed by atoms with E-state index < -0.39 is 0 Å². The number of oxazole rings is 1. The summed E-state index contributed by atoms with van der Waals surface area (Å²) in [6.07, 6.45) is 7.78. The number of hydrogen-bond acceptors (Lipinski definition) is 3. The Labute approximate surface area is 108 Å². The van der Waals surface area contributed by atoms with E-state index in [1.165, 1.54) is 25.7 Å². The van der Waals surface area contributed by atoms with E-state index in [1.807, 2.05) is 30.5 Å². The minimum atomic E-state index is 0.681. The van der Waals surface area contributed by atoms with Gasteiger partial charge in [0.15, 0.2) is 0 Å². The second kappa shape index (κ2) is 6.24. The topological polar surface area (TPSA) is 52.0 Å². The zero-order valence-electron chi connectivity index (χ0n) is 10.9. The van der Waals surface area contributed by atoms with E-state index in [9.17, 15) is 0 Å². The first-order valence-corrected chi connectivity index (χ1v) is 6.60. The lowest BCUT2D eigenvalue weighted by molar-refractivity contribution is 0.502. The van der Waals surface area contributed by atoms with Gasteiger partial charge in [0.1, 0.15) is 5.76 Å². The fourth-order valence-electron chi connectivity index (χ4n) is 1.91. The van der Waals surface area contributed by atoms with E-state index >= 15 is 0 Å². The molecule has 96 valence electrons. The second-order valence-electron chi connectivity index (χ2n) is 4.56. The van der Waals surface area contributed by atoms with Gasteiger partial charge >= 0.3 is 0 Å². The van der Waals surface area contributed by atoms with Crippen molar-refractivity contribution in [2.75, 3.05) is 5.73 Å². The van der Waals surface area contributed by atoms with Crippen LogP contribution in [0.4, 0.5) is 5.69 Å². The summed E-state index contributed by atoms with van der Waals surface area (Å²) in [5.74, 6) is 1.65. The summed E-state index contributed by atoms with van der Waals surface area (Å²) >= 11 is 0. The summed E-state index contributed by atoms with van der Waals surface area (Å²) < 4.78 is 5.74. The van der Waals surface area contributed by atoms with Gasteiger partial charge in [-0.25, -0.2) is 4.98 Å². The zero-order valence-corrected chi connectivity index (χ0v) is 10.9. The molecule has 0 radical (unpaired) electrons. The van der Waals surface area contributed by atoms with Crippen molar-refractivity contribution in [3.05, 3.63) is 36.2 Å². The van der Waals surface area contributed by atoms with Crippen LogP contribution in [0.2, 0.25) is 0 Å². The van der Waals surface area contributed by atoms with Crippen LogP contribution in [0.5, 0.6) is 0 Å². The molecule has 1 aromatic heterocycles. The van der Waals surface area contributed by atoms with Crippen molar-refractivity contribution < 1.29 is 4.42 Å². The molecule has 0 aliphatic rings. The number of anilines is 1. The number of unbranched alkanes of at least 4 members (excludes halogenated alkanes) is 3. The molecule has 0 atom stereocenters. The van der Waals surface area contributed by atoms with E-state index in [2.05, 4.69) is 11.9 Å². The molecule has 2 rings (SSSR count). The molecular weight excluding hydrogens is 224 g/mol. The molecule has 0 saturated heterocycles. The first-order valence-electron chi connectivity index (χ1n) is 6.60. The molecule has 2 N–H and O–H groups in total. The van der Waals surface area contributed by atoms with Gasteiger partial charge in [0.2, 0.25) is 5.89 Å². The van der Waals surface area contributed by atoms with Gasteiger partial charge in [-0.1, -0.05) is 26.2 Å². The number of aryl methyl sites for hydroxylation is 1. The zero-order chi connectivity index (χ0) is 12.8. The van der Waals surface area contributed by atoms with Crippen molar-refractivity contribution in [1.82, 2.24) is 4.98 Å². The third kappa shape index (κ3) is 3.36. The highest BCUT2D eigenvalue weighted by atomic mass is 16.4. The lowest BCUT2D eigenvalue weighted by atomic mass is 10.1. The van der Waals surface area contributed by atoms with E-state index in [4.69, 9.17) is 10.2 Å². The summed E-state index contributed by atoms with van der Waals surface area (Å²) in [5.41, 5.74) is 7.38. The van der Waals surface area contributed by atoms with Crippen LogP contribution in [0.25, 0.3) is 11.5 Å². The Morgan fingerprint density at radius 1 is 1.11 bits per heavy atom. The third-order valence-corrected chi connectivity index (χ3v) is 2.99. The molecule has 2 aromatic rings. The maximum Gasteiger partial charge on any atom is 0.226 e. The molecule has 3 nitrogen and oxygen atoms in total. The second-order valence-corrected chi connectivity index (χ2v) is 4.56. The van der Waals surface area contributed by atoms with Crippen LogP contribution < -0.4 is 5.73 Å². The summed E-state index contributed by atoms with van der Waals surface area (Å²) in [4.78, 5) is 4.31. The Morgan fingerprint density at radius 3 is 2.61 bits per heavy atom.